The van der Waals surface area contributed by atoms with E-state index in [1.165, 1.54) is 0 Å². The number of rotatable bonds is 8. The lowest BCUT2D eigenvalue weighted by molar-refractivity contribution is -0.151. The van der Waals surface area contributed by atoms with E-state index >= 15 is 0 Å². The van der Waals surface area contributed by atoms with Gasteiger partial charge in [0.05, 0.1) is 42.9 Å². The molecule has 0 saturated carbocycles. The topological polar surface area (TPSA) is 51.7 Å². The van der Waals surface area contributed by atoms with Crippen molar-refractivity contribution in [2.45, 2.75) is 38.3 Å². The number of nitrogens with zero attached hydrogens (tertiary/aromatic N) is 2. The smallest absolute Gasteiger partial charge is 0.229 e. The molecule has 2 heterocycles. The number of allylic oxidation sites excluding steroid dienone is 1. The van der Waals surface area contributed by atoms with Gasteiger partial charge in [0.1, 0.15) is 11.5 Å². The van der Waals surface area contributed by atoms with Gasteiger partial charge in [0.15, 0.2) is 0 Å². The van der Waals surface area contributed by atoms with Crippen LogP contribution in [0.15, 0.2) is 73.4 Å². The molecule has 5 nitrogen and oxygen atoms in total. The van der Waals surface area contributed by atoms with E-state index < -0.39 is 5.41 Å². The van der Waals surface area contributed by atoms with Gasteiger partial charge < -0.3 is 14.4 Å². The van der Waals surface area contributed by atoms with Crippen molar-refractivity contribution in [1.29, 1.82) is 0 Å². The van der Waals surface area contributed by atoms with Crippen molar-refractivity contribution in [3.8, 4) is 11.5 Å². The van der Waals surface area contributed by atoms with Crippen LogP contribution in [0.5, 0.6) is 11.5 Å². The zero-order chi connectivity index (χ0) is 25.9. The van der Waals surface area contributed by atoms with Crippen LogP contribution in [0.1, 0.15) is 48.5 Å². The maximum absolute atomic E-state index is 14.2. The van der Waals surface area contributed by atoms with Crippen LogP contribution in [0.4, 0.5) is 0 Å². The fraction of sp³-hybridized carbons (Fsp3) is 0.310. The van der Waals surface area contributed by atoms with E-state index in [4.69, 9.17) is 32.7 Å². The Labute approximate surface area is 222 Å². The van der Waals surface area contributed by atoms with E-state index in [9.17, 15) is 4.79 Å². The van der Waals surface area contributed by atoms with E-state index in [2.05, 4.69) is 17.6 Å². The number of likely N-dealkylation sites (tertiary alicyclic amines) is 1. The number of hydrogen-bond donors (Lipinski definition) is 0. The number of ether oxygens (including phenoxy) is 2. The predicted octanol–water partition coefficient (Wildman–Crippen LogP) is 7.25. The molecule has 3 aromatic rings. The van der Waals surface area contributed by atoms with Crippen LogP contribution in [0, 0.1) is 5.41 Å². The van der Waals surface area contributed by atoms with Gasteiger partial charge in [0.2, 0.25) is 5.91 Å². The molecule has 1 saturated heterocycles. The second kappa shape index (κ2) is 10.9. The average molecular weight is 525 g/mol. The summed E-state index contributed by atoms with van der Waals surface area (Å²) in [5.41, 5.74) is 2.06. The highest BCUT2D eigenvalue weighted by atomic mass is 35.5. The Morgan fingerprint density at radius 1 is 1.11 bits per heavy atom. The van der Waals surface area contributed by atoms with Crippen molar-refractivity contribution in [3.05, 3.63) is 100 Å². The third-order valence-electron chi connectivity index (χ3n) is 6.92. The molecule has 1 aliphatic heterocycles. The fourth-order valence-corrected chi connectivity index (χ4v) is 5.48. The number of carbonyl (C=O) groups excluding carboxylic acids is 1. The maximum atomic E-state index is 14.2. The fourth-order valence-electron chi connectivity index (χ4n) is 5.17. The lowest BCUT2D eigenvalue weighted by Crippen LogP contribution is -2.51. The zero-order valence-electron chi connectivity index (χ0n) is 20.7. The molecule has 0 spiro atoms. The van der Waals surface area contributed by atoms with Crippen LogP contribution < -0.4 is 9.47 Å². The minimum absolute atomic E-state index is 0.0419. The van der Waals surface area contributed by atoms with E-state index in [0.717, 1.165) is 16.8 Å². The number of piperidine rings is 1. The van der Waals surface area contributed by atoms with Crippen LogP contribution >= 0.6 is 23.2 Å². The Kier molecular flexibility index (Phi) is 7.91. The van der Waals surface area contributed by atoms with Gasteiger partial charge in [-0.05, 0) is 54.8 Å². The Balaban J connectivity index is 1.88. The van der Waals surface area contributed by atoms with Crippen LogP contribution in [0.3, 0.4) is 0 Å². The summed E-state index contributed by atoms with van der Waals surface area (Å²) in [4.78, 5) is 20.8. The van der Waals surface area contributed by atoms with E-state index in [1.807, 2.05) is 66.4 Å². The number of halogens is 2. The van der Waals surface area contributed by atoms with Crippen molar-refractivity contribution in [2.24, 2.45) is 5.41 Å². The third kappa shape index (κ3) is 5.23. The van der Waals surface area contributed by atoms with Gasteiger partial charge in [-0.25, -0.2) is 0 Å². The van der Waals surface area contributed by atoms with Crippen LogP contribution in [-0.4, -0.2) is 30.0 Å². The van der Waals surface area contributed by atoms with E-state index in [-0.39, 0.29) is 17.9 Å². The summed E-state index contributed by atoms with van der Waals surface area (Å²) in [6.45, 7) is 6.29. The summed E-state index contributed by atoms with van der Waals surface area (Å²) < 4.78 is 11.0. The van der Waals surface area contributed by atoms with Crippen molar-refractivity contribution < 1.29 is 14.3 Å². The second-order valence-electron chi connectivity index (χ2n) is 9.38. The van der Waals surface area contributed by atoms with Crippen molar-refractivity contribution in [3.63, 3.8) is 0 Å². The molecule has 0 N–H and O–H groups in total. The number of carbonyl (C=O) groups is 1. The molecule has 188 valence electrons. The monoisotopic (exact) mass is 524 g/mol. The minimum Gasteiger partial charge on any atom is -0.497 e. The highest BCUT2D eigenvalue weighted by molar-refractivity contribution is 6.30. The molecule has 0 bridgehead atoms. The zero-order valence-corrected chi connectivity index (χ0v) is 22.2. The standard InChI is InChI=1S/C29H30Cl2N2O3/c1-5-13-29(2)16-24(19-7-6-8-21(30)14-19)27(25-12-10-22(31)17-32-25)33(28(29)34)18-20-9-11-23(35-3)15-26(20)36-4/h5-12,14-15,17,24,27H,1,13,16,18H2,2-4H3/t24-,27+,29-/m1/s1. The Morgan fingerprint density at radius 2 is 1.92 bits per heavy atom. The molecule has 4 rings (SSSR count). The highest BCUT2D eigenvalue weighted by Crippen LogP contribution is 2.51. The van der Waals surface area contributed by atoms with Gasteiger partial charge in [-0.1, -0.05) is 48.3 Å². The number of pyridine rings is 1. The van der Waals surface area contributed by atoms with Crippen molar-refractivity contribution >= 4 is 29.1 Å². The molecule has 7 heteroatoms. The predicted molar refractivity (Wildman–Crippen MR) is 144 cm³/mol. The first-order valence-electron chi connectivity index (χ1n) is 11.8. The Bertz CT molecular complexity index is 1250. The molecule has 1 aliphatic rings. The molecule has 0 radical (unpaired) electrons. The summed E-state index contributed by atoms with van der Waals surface area (Å²) in [5, 5.41) is 1.20. The molecule has 1 fully saturated rings. The molecule has 0 unspecified atom stereocenters. The molecule has 1 aromatic heterocycles. The second-order valence-corrected chi connectivity index (χ2v) is 10.2. The summed E-state index contributed by atoms with van der Waals surface area (Å²) in [7, 11) is 3.23. The minimum atomic E-state index is -0.642. The number of methoxy groups -OCH3 is 2. The first-order valence-corrected chi connectivity index (χ1v) is 12.5. The van der Waals surface area contributed by atoms with Gasteiger partial charge in [0, 0.05) is 28.8 Å². The number of amides is 1. The largest absolute Gasteiger partial charge is 0.497 e. The average Bonchev–Trinajstić information content (AvgIpc) is 2.87. The van der Waals surface area contributed by atoms with Crippen LogP contribution in [0.2, 0.25) is 10.0 Å². The summed E-state index contributed by atoms with van der Waals surface area (Å²) in [6.07, 6.45) is 4.63. The van der Waals surface area contributed by atoms with Gasteiger partial charge in [-0.15, -0.1) is 6.58 Å². The first kappa shape index (κ1) is 26.1. The molecule has 1 amide bonds. The van der Waals surface area contributed by atoms with Gasteiger partial charge in [-0.2, -0.15) is 0 Å². The maximum Gasteiger partial charge on any atom is 0.229 e. The summed E-state index contributed by atoms with van der Waals surface area (Å²) in [5.74, 6) is 1.33. The molecule has 36 heavy (non-hydrogen) atoms. The van der Waals surface area contributed by atoms with Crippen LogP contribution in [-0.2, 0) is 11.3 Å². The van der Waals surface area contributed by atoms with Gasteiger partial charge in [0.25, 0.3) is 0 Å². The highest BCUT2D eigenvalue weighted by Gasteiger charge is 2.49. The van der Waals surface area contributed by atoms with Crippen molar-refractivity contribution in [2.75, 3.05) is 14.2 Å². The Hall–Kier alpha value is -3.02. The summed E-state index contributed by atoms with van der Waals surface area (Å²) >= 11 is 12.6. The van der Waals surface area contributed by atoms with Crippen molar-refractivity contribution in [1.82, 2.24) is 9.88 Å². The third-order valence-corrected chi connectivity index (χ3v) is 7.38. The number of hydrogen-bond acceptors (Lipinski definition) is 4. The molecule has 2 aromatic carbocycles. The van der Waals surface area contributed by atoms with E-state index in [1.54, 1.807) is 20.4 Å². The normalized spacial score (nSPS) is 21.8. The number of aromatic nitrogens is 1. The lowest BCUT2D eigenvalue weighted by Gasteiger charge is -2.49. The molecule has 3 atom stereocenters. The molecular formula is C29H30Cl2N2O3. The van der Waals surface area contributed by atoms with Gasteiger partial charge in [-0.3, -0.25) is 9.78 Å². The molecular weight excluding hydrogens is 495 g/mol. The summed E-state index contributed by atoms with van der Waals surface area (Å²) in [6, 6.07) is 16.9. The van der Waals surface area contributed by atoms with E-state index in [0.29, 0.717) is 40.9 Å². The Morgan fingerprint density at radius 3 is 2.56 bits per heavy atom. The first-order chi connectivity index (χ1) is 17.3. The molecule has 0 aliphatic carbocycles. The van der Waals surface area contributed by atoms with Gasteiger partial charge >= 0.3 is 0 Å². The lowest BCUT2D eigenvalue weighted by atomic mass is 9.68. The van der Waals surface area contributed by atoms with Crippen LogP contribution in [0.25, 0.3) is 0 Å². The SMILES string of the molecule is C=CC[C@]1(C)C[C@H](c2cccc(Cl)c2)[C@@H](c2ccc(Cl)cn2)N(Cc2ccc(OC)cc2OC)C1=O. The quantitative estimate of drug-likeness (QED) is 0.291. The number of benzene rings is 2.